The van der Waals surface area contributed by atoms with E-state index in [2.05, 4.69) is 17.3 Å². The molecule has 3 nitrogen and oxygen atoms in total. The second-order valence-electron chi connectivity index (χ2n) is 5.56. The highest BCUT2D eigenvalue weighted by molar-refractivity contribution is 4.84. The van der Waals surface area contributed by atoms with E-state index in [1.807, 2.05) is 0 Å². The fourth-order valence-corrected chi connectivity index (χ4v) is 2.96. The first-order valence-electron chi connectivity index (χ1n) is 6.88. The molecule has 0 aromatic heterocycles. The van der Waals surface area contributed by atoms with Crippen molar-refractivity contribution in [2.24, 2.45) is 0 Å². The van der Waals surface area contributed by atoms with Gasteiger partial charge in [-0.05, 0) is 45.8 Å². The quantitative estimate of drug-likeness (QED) is 0.698. The number of hydrogen-bond acceptors (Lipinski definition) is 3. The summed E-state index contributed by atoms with van der Waals surface area (Å²) < 4.78 is 0. The molecule has 0 aromatic rings. The van der Waals surface area contributed by atoms with Crippen molar-refractivity contribution in [1.82, 2.24) is 10.2 Å². The number of aliphatic hydroxyl groups excluding tert-OH is 1. The number of nitrogens with zero attached hydrogens (tertiary/aromatic N) is 1. The van der Waals surface area contributed by atoms with Crippen LogP contribution in [-0.4, -0.2) is 48.3 Å². The zero-order valence-corrected chi connectivity index (χ0v) is 10.5. The molecule has 16 heavy (non-hydrogen) atoms. The Morgan fingerprint density at radius 2 is 1.69 bits per heavy atom. The van der Waals surface area contributed by atoms with Crippen LogP contribution < -0.4 is 5.32 Å². The zero-order valence-electron chi connectivity index (χ0n) is 10.5. The highest BCUT2D eigenvalue weighted by atomic mass is 16.3. The van der Waals surface area contributed by atoms with Gasteiger partial charge in [-0.2, -0.15) is 0 Å². The zero-order chi connectivity index (χ0) is 11.4. The molecule has 2 atom stereocenters. The predicted molar refractivity (Wildman–Crippen MR) is 66.5 cm³/mol. The van der Waals surface area contributed by atoms with Crippen LogP contribution in [0.4, 0.5) is 0 Å². The molecule has 94 valence electrons. The van der Waals surface area contributed by atoms with Gasteiger partial charge >= 0.3 is 0 Å². The lowest BCUT2D eigenvalue weighted by Gasteiger charge is -2.33. The fourth-order valence-electron chi connectivity index (χ4n) is 2.96. The fraction of sp³-hybridized carbons (Fsp3) is 1.00. The molecule has 0 spiro atoms. The number of rotatable bonds is 2. The second kappa shape index (κ2) is 5.99. The molecule has 1 heterocycles. The van der Waals surface area contributed by atoms with Crippen LogP contribution in [0.3, 0.4) is 0 Å². The van der Waals surface area contributed by atoms with Crippen LogP contribution in [-0.2, 0) is 0 Å². The van der Waals surface area contributed by atoms with E-state index in [1.54, 1.807) is 0 Å². The van der Waals surface area contributed by atoms with Crippen molar-refractivity contribution in [2.75, 3.05) is 20.1 Å². The van der Waals surface area contributed by atoms with E-state index < -0.39 is 0 Å². The molecule has 3 heteroatoms. The van der Waals surface area contributed by atoms with Crippen molar-refractivity contribution in [3.8, 4) is 0 Å². The molecule has 2 rings (SSSR count). The van der Waals surface area contributed by atoms with Gasteiger partial charge in [0, 0.05) is 12.1 Å². The lowest BCUT2D eigenvalue weighted by Crippen LogP contribution is -2.49. The largest absolute Gasteiger partial charge is 0.392 e. The van der Waals surface area contributed by atoms with Crippen LogP contribution in [0, 0.1) is 0 Å². The average Bonchev–Trinajstić information content (AvgIpc) is 2.48. The monoisotopic (exact) mass is 226 g/mol. The third-order valence-corrected chi connectivity index (χ3v) is 4.15. The Balaban J connectivity index is 1.78. The van der Waals surface area contributed by atoms with Crippen molar-refractivity contribution in [2.45, 2.75) is 63.1 Å². The third-order valence-electron chi connectivity index (χ3n) is 4.15. The standard InChI is InChI=1S/C13H26N2O/c1-15-9-7-11(8-10-15)14-12-5-3-2-4-6-13(12)16/h11-14,16H,2-10H2,1H3. The lowest BCUT2D eigenvalue weighted by atomic mass is 10.0. The normalized spacial score (nSPS) is 34.9. The molecular formula is C13H26N2O. The number of hydrogen-bond donors (Lipinski definition) is 2. The van der Waals surface area contributed by atoms with Gasteiger partial charge < -0.3 is 15.3 Å². The van der Waals surface area contributed by atoms with Gasteiger partial charge in [0.05, 0.1) is 6.10 Å². The van der Waals surface area contributed by atoms with Crippen LogP contribution in [0.5, 0.6) is 0 Å². The van der Waals surface area contributed by atoms with Crippen LogP contribution in [0.2, 0.25) is 0 Å². The van der Waals surface area contributed by atoms with Crippen molar-refractivity contribution in [3.63, 3.8) is 0 Å². The molecule has 2 fully saturated rings. The molecule has 0 amide bonds. The van der Waals surface area contributed by atoms with E-state index in [9.17, 15) is 5.11 Å². The molecule has 2 aliphatic rings. The maximum atomic E-state index is 10.1. The summed E-state index contributed by atoms with van der Waals surface area (Å²) in [6.45, 7) is 2.39. The lowest BCUT2D eigenvalue weighted by molar-refractivity contribution is 0.105. The molecular weight excluding hydrogens is 200 g/mol. The highest BCUT2D eigenvalue weighted by Crippen LogP contribution is 2.20. The van der Waals surface area contributed by atoms with Crippen molar-refractivity contribution in [3.05, 3.63) is 0 Å². The molecule has 1 aliphatic heterocycles. The van der Waals surface area contributed by atoms with Crippen LogP contribution in [0.25, 0.3) is 0 Å². The first kappa shape index (κ1) is 12.3. The Morgan fingerprint density at radius 1 is 1.00 bits per heavy atom. The predicted octanol–water partition coefficient (Wildman–Crippen LogP) is 1.36. The summed E-state index contributed by atoms with van der Waals surface area (Å²) in [4.78, 5) is 2.39. The minimum Gasteiger partial charge on any atom is -0.392 e. The number of nitrogens with one attached hydrogen (secondary N) is 1. The average molecular weight is 226 g/mol. The van der Waals surface area contributed by atoms with Gasteiger partial charge in [-0.25, -0.2) is 0 Å². The van der Waals surface area contributed by atoms with Crippen molar-refractivity contribution >= 4 is 0 Å². The number of likely N-dealkylation sites (tertiary alicyclic amines) is 1. The van der Waals surface area contributed by atoms with Gasteiger partial charge in [-0.3, -0.25) is 0 Å². The summed E-state index contributed by atoms with van der Waals surface area (Å²) in [7, 11) is 2.19. The minimum absolute atomic E-state index is 0.109. The first-order chi connectivity index (χ1) is 7.75. The van der Waals surface area contributed by atoms with E-state index in [4.69, 9.17) is 0 Å². The summed E-state index contributed by atoms with van der Waals surface area (Å²) >= 11 is 0. The second-order valence-corrected chi connectivity index (χ2v) is 5.56. The number of piperidine rings is 1. The Bertz CT molecular complexity index is 202. The summed E-state index contributed by atoms with van der Waals surface area (Å²) in [5, 5.41) is 13.8. The van der Waals surface area contributed by atoms with E-state index in [1.165, 1.54) is 45.2 Å². The highest BCUT2D eigenvalue weighted by Gasteiger charge is 2.25. The van der Waals surface area contributed by atoms with E-state index in [0.29, 0.717) is 12.1 Å². The van der Waals surface area contributed by atoms with E-state index in [0.717, 1.165) is 12.8 Å². The van der Waals surface area contributed by atoms with Crippen LogP contribution >= 0.6 is 0 Å². The maximum absolute atomic E-state index is 10.1. The smallest absolute Gasteiger partial charge is 0.0693 e. The summed E-state index contributed by atoms with van der Waals surface area (Å²) in [6, 6.07) is 0.991. The Labute approximate surface area is 99.2 Å². The van der Waals surface area contributed by atoms with Gasteiger partial charge in [0.15, 0.2) is 0 Å². The molecule has 1 saturated carbocycles. The molecule has 2 unspecified atom stereocenters. The molecule has 1 aliphatic carbocycles. The topological polar surface area (TPSA) is 35.5 Å². The third kappa shape index (κ3) is 3.44. The van der Waals surface area contributed by atoms with Gasteiger partial charge in [-0.1, -0.05) is 19.3 Å². The minimum atomic E-state index is -0.109. The van der Waals surface area contributed by atoms with Crippen molar-refractivity contribution < 1.29 is 5.11 Å². The van der Waals surface area contributed by atoms with Gasteiger partial charge in [0.1, 0.15) is 0 Å². The molecule has 1 saturated heterocycles. The molecule has 0 radical (unpaired) electrons. The summed E-state index contributed by atoms with van der Waals surface area (Å²) in [5.74, 6) is 0. The van der Waals surface area contributed by atoms with Crippen LogP contribution in [0.1, 0.15) is 44.9 Å². The van der Waals surface area contributed by atoms with E-state index in [-0.39, 0.29) is 6.10 Å². The van der Waals surface area contributed by atoms with Gasteiger partial charge in [0.25, 0.3) is 0 Å². The van der Waals surface area contributed by atoms with E-state index >= 15 is 0 Å². The van der Waals surface area contributed by atoms with Crippen molar-refractivity contribution in [1.29, 1.82) is 0 Å². The maximum Gasteiger partial charge on any atom is 0.0693 e. The SMILES string of the molecule is CN1CCC(NC2CCCCCC2O)CC1. The van der Waals surface area contributed by atoms with Crippen LogP contribution in [0.15, 0.2) is 0 Å². The molecule has 0 aromatic carbocycles. The summed E-state index contributed by atoms with van der Waals surface area (Å²) in [5.41, 5.74) is 0. The van der Waals surface area contributed by atoms with Gasteiger partial charge in [0.2, 0.25) is 0 Å². The molecule has 0 bridgehead atoms. The number of aliphatic hydroxyl groups is 1. The Hall–Kier alpha value is -0.120. The summed E-state index contributed by atoms with van der Waals surface area (Å²) in [6.07, 6.45) is 8.29. The Morgan fingerprint density at radius 3 is 2.44 bits per heavy atom. The first-order valence-corrected chi connectivity index (χ1v) is 6.88. The molecule has 2 N–H and O–H groups in total. The Kier molecular flexibility index (Phi) is 4.62. The van der Waals surface area contributed by atoms with Gasteiger partial charge in [-0.15, -0.1) is 0 Å².